The van der Waals surface area contributed by atoms with Gasteiger partial charge in [-0.05, 0) is 57.0 Å². The van der Waals surface area contributed by atoms with Gasteiger partial charge in [0, 0.05) is 18.6 Å². The Labute approximate surface area is 118 Å². The lowest BCUT2D eigenvalue weighted by Gasteiger charge is -2.50. The SMILES string of the molecule is CC(C)CNCC1CCC1N1CCOC2CCCC21. The van der Waals surface area contributed by atoms with Gasteiger partial charge in [-0.3, -0.25) is 4.90 Å². The van der Waals surface area contributed by atoms with Gasteiger partial charge in [-0.1, -0.05) is 13.8 Å². The topological polar surface area (TPSA) is 24.5 Å². The Morgan fingerprint density at radius 2 is 2.05 bits per heavy atom. The van der Waals surface area contributed by atoms with Crippen LogP contribution in [-0.2, 0) is 4.74 Å². The fraction of sp³-hybridized carbons (Fsp3) is 1.00. The summed E-state index contributed by atoms with van der Waals surface area (Å²) < 4.78 is 5.94. The van der Waals surface area contributed by atoms with Gasteiger partial charge in [-0.2, -0.15) is 0 Å². The van der Waals surface area contributed by atoms with Gasteiger partial charge in [0.2, 0.25) is 0 Å². The van der Waals surface area contributed by atoms with Crippen molar-refractivity contribution in [1.29, 1.82) is 0 Å². The second kappa shape index (κ2) is 6.11. The molecule has 110 valence electrons. The Morgan fingerprint density at radius 1 is 1.16 bits per heavy atom. The predicted molar refractivity (Wildman–Crippen MR) is 78.3 cm³/mol. The van der Waals surface area contributed by atoms with E-state index in [1.54, 1.807) is 0 Å². The molecule has 0 spiro atoms. The van der Waals surface area contributed by atoms with E-state index in [1.165, 1.54) is 51.7 Å². The molecule has 4 unspecified atom stereocenters. The van der Waals surface area contributed by atoms with Crippen molar-refractivity contribution in [3.63, 3.8) is 0 Å². The second-order valence-corrected chi connectivity index (χ2v) is 7.10. The highest BCUT2D eigenvalue weighted by atomic mass is 16.5. The predicted octanol–water partition coefficient (Wildman–Crippen LogP) is 2.26. The molecule has 3 heteroatoms. The van der Waals surface area contributed by atoms with Crippen molar-refractivity contribution in [2.75, 3.05) is 26.2 Å². The number of hydrogen-bond donors (Lipinski definition) is 1. The lowest BCUT2D eigenvalue weighted by Crippen LogP contribution is -2.59. The van der Waals surface area contributed by atoms with Crippen LogP contribution in [0.1, 0.15) is 46.0 Å². The first-order chi connectivity index (χ1) is 9.25. The molecule has 1 saturated heterocycles. The summed E-state index contributed by atoms with van der Waals surface area (Å²) in [4.78, 5) is 2.81. The molecule has 0 bridgehead atoms. The van der Waals surface area contributed by atoms with Crippen LogP contribution in [0.5, 0.6) is 0 Å². The summed E-state index contributed by atoms with van der Waals surface area (Å²) in [6, 6.07) is 1.58. The first kappa shape index (κ1) is 13.8. The minimum absolute atomic E-state index is 0.554. The van der Waals surface area contributed by atoms with Gasteiger partial charge < -0.3 is 10.1 Å². The minimum Gasteiger partial charge on any atom is -0.375 e. The molecule has 0 amide bonds. The van der Waals surface area contributed by atoms with E-state index >= 15 is 0 Å². The molecule has 1 heterocycles. The lowest BCUT2D eigenvalue weighted by atomic mass is 9.77. The Bertz CT molecular complexity index is 294. The molecule has 19 heavy (non-hydrogen) atoms. The van der Waals surface area contributed by atoms with E-state index in [2.05, 4.69) is 24.1 Å². The number of morpholine rings is 1. The molecular weight excluding hydrogens is 236 g/mol. The molecule has 2 aliphatic carbocycles. The summed E-state index contributed by atoms with van der Waals surface area (Å²) in [6.45, 7) is 9.10. The largest absolute Gasteiger partial charge is 0.375 e. The highest BCUT2D eigenvalue weighted by Crippen LogP contribution is 2.38. The van der Waals surface area contributed by atoms with Crippen LogP contribution in [0.3, 0.4) is 0 Å². The summed E-state index contributed by atoms with van der Waals surface area (Å²) in [5.41, 5.74) is 0. The average Bonchev–Trinajstić information content (AvgIpc) is 2.82. The van der Waals surface area contributed by atoms with Crippen LogP contribution < -0.4 is 5.32 Å². The summed E-state index contributed by atoms with van der Waals surface area (Å²) in [5.74, 6) is 1.65. The molecule has 4 atom stereocenters. The zero-order valence-corrected chi connectivity index (χ0v) is 12.6. The highest BCUT2D eigenvalue weighted by molar-refractivity contribution is 4.98. The third-order valence-electron chi connectivity index (χ3n) is 5.29. The quantitative estimate of drug-likeness (QED) is 0.826. The molecule has 2 saturated carbocycles. The van der Waals surface area contributed by atoms with Crippen molar-refractivity contribution < 1.29 is 4.74 Å². The first-order valence-corrected chi connectivity index (χ1v) is 8.33. The molecule has 3 nitrogen and oxygen atoms in total. The van der Waals surface area contributed by atoms with Gasteiger partial charge in [0.25, 0.3) is 0 Å². The van der Waals surface area contributed by atoms with Crippen molar-refractivity contribution >= 4 is 0 Å². The van der Waals surface area contributed by atoms with Crippen LogP contribution in [0.25, 0.3) is 0 Å². The number of rotatable bonds is 5. The third-order valence-corrected chi connectivity index (χ3v) is 5.29. The summed E-state index contributed by atoms with van der Waals surface area (Å²) in [6.07, 6.45) is 7.42. The normalized spacial score (nSPS) is 39.3. The van der Waals surface area contributed by atoms with Crippen molar-refractivity contribution in [2.24, 2.45) is 11.8 Å². The number of hydrogen-bond acceptors (Lipinski definition) is 3. The Kier molecular flexibility index (Phi) is 4.45. The maximum atomic E-state index is 5.94. The highest BCUT2D eigenvalue weighted by Gasteiger charge is 2.44. The van der Waals surface area contributed by atoms with E-state index < -0.39 is 0 Å². The number of nitrogens with zero attached hydrogens (tertiary/aromatic N) is 1. The Balaban J connectivity index is 1.50. The molecule has 3 rings (SSSR count). The van der Waals surface area contributed by atoms with E-state index in [0.29, 0.717) is 6.10 Å². The van der Waals surface area contributed by atoms with Gasteiger partial charge in [0.1, 0.15) is 0 Å². The van der Waals surface area contributed by atoms with E-state index in [0.717, 1.165) is 30.5 Å². The maximum absolute atomic E-state index is 5.94. The summed E-state index contributed by atoms with van der Waals surface area (Å²) in [7, 11) is 0. The van der Waals surface area contributed by atoms with Crippen LogP contribution in [0.2, 0.25) is 0 Å². The fourth-order valence-electron chi connectivity index (χ4n) is 4.15. The molecule has 1 aliphatic heterocycles. The second-order valence-electron chi connectivity index (χ2n) is 7.10. The van der Waals surface area contributed by atoms with E-state index in [-0.39, 0.29) is 0 Å². The van der Waals surface area contributed by atoms with Crippen LogP contribution in [0, 0.1) is 11.8 Å². The number of ether oxygens (including phenoxy) is 1. The van der Waals surface area contributed by atoms with Crippen LogP contribution in [0.4, 0.5) is 0 Å². The van der Waals surface area contributed by atoms with Crippen molar-refractivity contribution in [2.45, 2.75) is 64.1 Å². The van der Waals surface area contributed by atoms with Crippen LogP contribution >= 0.6 is 0 Å². The monoisotopic (exact) mass is 266 g/mol. The molecule has 3 aliphatic rings. The van der Waals surface area contributed by atoms with Gasteiger partial charge in [-0.25, -0.2) is 0 Å². The summed E-state index contributed by atoms with van der Waals surface area (Å²) in [5, 5.41) is 3.66. The average molecular weight is 266 g/mol. The summed E-state index contributed by atoms with van der Waals surface area (Å²) >= 11 is 0. The lowest BCUT2D eigenvalue weighted by molar-refractivity contribution is -0.0972. The maximum Gasteiger partial charge on any atom is 0.0731 e. The first-order valence-electron chi connectivity index (χ1n) is 8.33. The molecule has 0 aromatic heterocycles. The van der Waals surface area contributed by atoms with E-state index in [4.69, 9.17) is 4.74 Å². The Morgan fingerprint density at radius 3 is 2.79 bits per heavy atom. The molecule has 0 aromatic carbocycles. The van der Waals surface area contributed by atoms with E-state index in [9.17, 15) is 0 Å². The molecule has 1 N–H and O–H groups in total. The minimum atomic E-state index is 0.554. The van der Waals surface area contributed by atoms with Crippen molar-refractivity contribution in [1.82, 2.24) is 10.2 Å². The molecule has 3 fully saturated rings. The molecule has 0 radical (unpaired) electrons. The fourth-order valence-corrected chi connectivity index (χ4v) is 4.15. The van der Waals surface area contributed by atoms with Crippen molar-refractivity contribution in [3.8, 4) is 0 Å². The van der Waals surface area contributed by atoms with Gasteiger partial charge in [0.05, 0.1) is 12.7 Å². The van der Waals surface area contributed by atoms with Crippen LogP contribution in [-0.4, -0.2) is 49.3 Å². The van der Waals surface area contributed by atoms with Crippen LogP contribution in [0.15, 0.2) is 0 Å². The van der Waals surface area contributed by atoms with E-state index in [1.807, 2.05) is 0 Å². The number of fused-ring (bicyclic) bond motifs is 1. The number of nitrogens with one attached hydrogen (secondary N) is 1. The van der Waals surface area contributed by atoms with Crippen molar-refractivity contribution in [3.05, 3.63) is 0 Å². The molecular formula is C16H30N2O. The zero-order chi connectivity index (χ0) is 13.2. The Hall–Kier alpha value is -0.120. The van der Waals surface area contributed by atoms with Gasteiger partial charge >= 0.3 is 0 Å². The third kappa shape index (κ3) is 2.98. The standard InChI is InChI=1S/C16H30N2O/c1-12(2)10-17-11-13-6-7-14(13)18-8-9-19-16-5-3-4-15(16)18/h12-17H,3-11H2,1-2H3. The zero-order valence-electron chi connectivity index (χ0n) is 12.6. The van der Waals surface area contributed by atoms with Gasteiger partial charge in [-0.15, -0.1) is 0 Å². The smallest absolute Gasteiger partial charge is 0.0731 e. The van der Waals surface area contributed by atoms with Gasteiger partial charge in [0.15, 0.2) is 0 Å². The molecule has 0 aromatic rings.